The Bertz CT molecular complexity index is 751. The van der Waals surface area contributed by atoms with Crippen LogP contribution in [0.25, 0.3) is 11.0 Å². The molecule has 0 saturated carbocycles. The summed E-state index contributed by atoms with van der Waals surface area (Å²) in [4.78, 5) is 7.52. The Morgan fingerprint density at radius 1 is 1.20 bits per heavy atom. The summed E-state index contributed by atoms with van der Waals surface area (Å²) in [5, 5.41) is 0. The van der Waals surface area contributed by atoms with E-state index in [0.29, 0.717) is 11.3 Å². The molecule has 0 aliphatic carbocycles. The third-order valence-electron chi connectivity index (χ3n) is 3.15. The number of rotatable bonds is 3. The number of aromatic nitrogens is 2. The number of ether oxygens (including phenoxy) is 1. The lowest BCUT2D eigenvalue weighted by Crippen LogP contribution is -2.05. The maximum atomic E-state index is 13.2. The summed E-state index contributed by atoms with van der Waals surface area (Å²) in [5.74, 6) is 1.20. The highest BCUT2D eigenvalue weighted by Gasteiger charge is 2.12. The number of halogens is 1. The minimum absolute atomic E-state index is 0.229. The zero-order valence-corrected chi connectivity index (χ0v) is 11.4. The van der Waals surface area contributed by atoms with E-state index in [4.69, 9.17) is 4.74 Å². The quantitative estimate of drug-likeness (QED) is 0.776. The van der Waals surface area contributed by atoms with Crippen LogP contribution in [0.5, 0.6) is 5.75 Å². The monoisotopic (exact) mass is 270 g/mol. The van der Waals surface area contributed by atoms with Crippen LogP contribution in [0.1, 0.15) is 24.4 Å². The molecule has 3 nitrogen and oxygen atoms in total. The van der Waals surface area contributed by atoms with E-state index in [0.717, 1.165) is 16.8 Å². The van der Waals surface area contributed by atoms with Crippen molar-refractivity contribution in [2.45, 2.75) is 20.0 Å². The fraction of sp³-hybridized carbons (Fsp3) is 0.188. The Balaban J connectivity index is 1.86. The van der Waals surface area contributed by atoms with Crippen molar-refractivity contribution in [3.63, 3.8) is 0 Å². The lowest BCUT2D eigenvalue weighted by molar-refractivity contribution is 0.218. The molecule has 1 aromatic heterocycles. The fourth-order valence-electron chi connectivity index (χ4n) is 2.14. The van der Waals surface area contributed by atoms with Crippen LogP contribution in [0.2, 0.25) is 0 Å². The second-order valence-corrected chi connectivity index (χ2v) is 4.86. The van der Waals surface area contributed by atoms with Gasteiger partial charge in [-0.25, -0.2) is 9.37 Å². The highest BCUT2D eigenvalue weighted by atomic mass is 19.1. The zero-order valence-electron chi connectivity index (χ0n) is 11.4. The fourth-order valence-corrected chi connectivity index (χ4v) is 2.14. The summed E-state index contributed by atoms with van der Waals surface area (Å²) in [7, 11) is 0. The van der Waals surface area contributed by atoms with Gasteiger partial charge in [-0.15, -0.1) is 0 Å². The van der Waals surface area contributed by atoms with Crippen molar-refractivity contribution in [3.8, 4) is 5.75 Å². The van der Waals surface area contributed by atoms with Gasteiger partial charge in [0.25, 0.3) is 0 Å². The van der Waals surface area contributed by atoms with Crippen LogP contribution < -0.4 is 4.74 Å². The standard InChI is InChI=1S/C16H15FN2O/c1-10-4-3-5-13(8-10)20-11(2)16-18-14-7-6-12(17)9-15(14)19-16/h3-9,11H,1-2H3,(H,18,19). The Hall–Kier alpha value is -2.36. The lowest BCUT2D eigenvalue weighted by atomic mass is 10.2. The number of aryl methyl sites for hydroxylation is 1. The molecule has 3 rings (SSSR count). The molecule has 0 amide bonds. The van der Waals surface area contributed by atoms with Gasteiger partial charge in [0.05, 0.1) is 11.0 Å². The second kappa shape index (κ2) is 4.96. The van der Waals surface area contributed by atoms with Crippen molar-refractivity contribution in [3.05, 3.63) is 59.7 Å². The lowest BCUT2D eigenvalue weighted by Gasteiger charge is -2.12. The van der Waals surface area contributed by atoms with E-state index in [1.54, 1.807) is 6.07 Å². The number of nitrogens with zero attached hydrogens (tertiary/aromatic N) is 1. The molecule has 0 fully saturated rings. The summed E-state index contributed by atoms with van der Waals surface area (Å²) in [5.41, 5.74) is 2.56. The summed E-state index contributed by atoms with van der Waals surface area (Å²) in [6.45, 7) is 3.93. The predicted molar refractivity (Wildman–Crippen MR) is 76.3 cm³/mol. The Kier molecular flexibility index (Phi) is 3.14. The zero-order chi connectivity index (χ0) is 14.1. The molecule has 0 radical (unpaired) electrons. The number of fused-ring (bicyclic) bond motifs is 1. The smallest absolute Gasteiger partial charge is 0.153 e. The first-order valence-corrected chi connectivity index (χ1v) is 6.50. The van der Waals surface area contributed by atoms with E-state index < -0.39 is 0 Å². The predicted octanol–water partition coefficient (Wildman–Crippen LogP) is 4.15. The summed E-state index contributed by atoms with van der Waals surface area (Å²) in [6, 6.07) is 12.3. The van der Waals surface area contributed by atoms with Crippen LogP contribution in [-0.4, -0.2) is 9.97 Å². The second-order valence-electron chi connectivity index (χ2n) is 4.86. The van der Waals surface area contributed by atoms with Crippen molar-refractivity contribution in [1.29, 1.82) is 0 Å². The van der Waals surface area contributed by atoms with Gasteiger partial charge in [0.1, 0.15) is 17.4 Å². The first-order valence-electron chi connectivity index (χ1n) is 6.50. The number of benzene rings is 2. The molecular weight excluding hydrogens is 255 g/mol. The number of nitrogens with one attached hydrogen (secondary N) is 1. The maximum absolute atomic E-state index is 13.2. The van der Waals surface area contributed by atoms with E-state index in [-0.39, 0.29) is 11.9 Å². The SMILES string of the molecule is Cc1cccc(OC(C)c2nc3ccc(F)cc3[nH]2)c1. The average molecular weight is 270 g/mol. The number of imidazole rings is 1. The number of aromatic amines is 1. The first-order chi connectivity index (χ1) is 9.61. The van der Waals surface area contributed by atoms with Crippen LogP contribution in [0, 0.1) is 12.7 Å². The molecule has 4 heteroatoms. The molecule has 1 N–H and O–H groups in total. The van der Waals surface area contributed by atoms with Crippen molar-refractivity contribution in [2.75, 3.05) is 0 Å². The van der Waals surface area contributed by atoms with Gasteiger partial charge in [-0.05, 0) is 49.7 Å². The molecule has 1 atom stereocenters. The van der Waals surface area contributed by atoms with Crippen LogP contribution in [0.15, 0.2) is 42.5 Å². The molecule has 1 unspecified atom stereocenters. The summed E-state index contributed by atoms with van der Waals surface area (Å²) < 4.78 is 19.0. The van der Waals surface area contributed by atoms with E-state index in [1.807, 2.05) is 38.1 Å². The molecule has 102 valence electrons. The van der Waals surface area contributed by atoms with Gasteiger partial charge in [-0.3, -0.25) is 0 Å². The summed E-state index contributed by atoms with van der Waals surface area (Å²) >= 11 is 0. The van der Waals surface area contributed by atoms with Crippen LogP contribution in [0.3, 0.4) is 0 Å². The van der Waals surface area contributed by atoms with Crippen molar-refractivity contribution in [1.82, 2.24) is 9.97 Å². The molecule has 2 aromatic carbocycles. The van der Waals surface area contributed by atoms with Gasteiger partial charge in [0, 0.05) is 0 Å². The van der Waals surface area contributed by atoms with E-state index in [1.165, 1.54) is 12.1 Å². The Labute approximate surface area is 116 Å². The van der Waals surface area contributed by atoms with Crippen LogP contribution in [-0.2, 0) is 0 Å². The molecule has 0 aliphatic heterocycles. The largest absolute Gasteiger partial charge is 0.483 e. The molecule has 0 saturated heterocycles. The normalized spacial score (nSPS) is 12.6. The maximum Gasteiger partial charge on any atom is 0.153 e. The van der Waals surface area contributed by atoms with Crippen LogP contribution >= 0.6 is 0 Å². The average Bonchev–Trinajstić information content (AvgIpc) is 2.81. The summed E-state index contributed by atoms with van der Waals surface area (Å²) in [6.07, 6.45) is -0.229. The van der Waals surface area contributed by atoms with E-state index in [2.05, 4.69) is 9.97 Å². The van der Waals surface area contributed by atoms with E-state index in [9.17, 15) is 4.39 Å². The highest BCUT2D eigenvalue weighted by Crippen LogP contribution is 2.23. The minimum atomic E-state index is -0.278. The minimum Gasteiger partial charge on any atom is -0.483 e. The van der Waals surface area contributed by atoms with E-state index >= 15 is 0 Å². The molecule has 3 aromatic rings. The van der Waals surface area contributed by atoms with Gasteiger partial charge in [-0.1, -0.05) is 12.1 Å². The first kappa shape index (κ1) is 12.7. The molecule has 20 heavy (non-hydrogen) atoms. The van der Waals surface area contributed by atoms with Gasteiger partial charge in [0.2, 0.25) is 0 Å². The van der Waals surface area contributed by atoms with Crippen molar-refractivity contribution in [2.24, 2.45) is 0 Å². The number of H-pyrrole nitrogens is 1. The van der Waals surface area contributed by atoms with Gasteiger partial charge in [0.15, 0.2) is 6.10 Å². The third kappa shape index (κ3) is 2.50. The third-order valence-corrected chi connectivity index (χ3v) is 3.15. The molecular formula is C16H15FN2O. The van der Waals surface area contributed by atoms with Gasteiger partial charge >= 0.3 is 0 Å². The molecule has 0 bridgehead atoms. The number of hydrogen-bond acceptors (Lipinski definition) is 2. The molecule has 1 heterocycles. The molecule has 0 aliphatic rings. The van der Waals surface area contributed by atoms with Crippen molar-refractivity contribution < 1.29 is 9.13 Å². The Morgan fingerprint density at radius 2 is 2.05 bits per heavy atom. The van der Waals surface area contributed by atoms with Crippen LogP contribution in [0.4, 0.5) is 4.39 Å². The van der Waals surface area contributed by atoms with Gasteiger partial charge in [-0.2, -0.15) is 0 Å². The number of hydrogen-bond donors (Lipinski definition) is 1. The molecule has 0 spiro atoms. The highest BCUT2D eigenvalue weighted by molar-refractivity contribution is 5.75. The Morgan fingerprint density at radius 3 is 2.85 bits per heavy atom. The van der Waals surface area contributed by atoms with Gasteiger partial charge < -0.3 is 9.72 Å². The topological polar surface area (TPSA) is 37.9 Å². The van der Waals surface area contributed by atoms with Crippen molar-refractivity contribution >= 4 is 11.0 Å².